The second kappa shape index (κ2) is 33.7. The molecule has 40 heavy (non-hydrogen) atoms. The van der Waals surface area contributed by atoms with Crippen molar-refractivity contribution in [1.29, 1.82) is 0 Å². The van der Waals surface area contributed by atoms with Crippen molar-refractivity contribution in [2.45, 2.75) is 194 Å². The van der Waals surface area contributed by atoms with E-state index in [9.17, 15) is 10.1 Å². The second-order valence-corrected chi connectivity index (χ2v) is 11.6. The normalized spacial score (nSPS) is 11.6. The van der Waals surface area contributed by atoms with Crippen molar-refractivity contribution in [3.8, 4) is 0 Å². The third kappa shape index (κ3) is 31.1. The third-order valence-corrected chi connectivity index (χ3v) is 7.67. The maximum Gasteiger partial charge on any atom is 0.735 e. The minimum atomic E-state index is -0.943. The summed E-state index contributed by atoms with van der Waals surface area (Å²) in [5, 5.41) is 10.8. The molecular weight excluding hydrogens is 504 g/mol. The van der Waals surface area contributed by atoms with E-state index in [1.165, 1.54) is 141 Å². The Bertz CT molecular complexity index is 537. The highest BCUT2D eigenvalue weighted by molar-refractivity contribution is 5.76. The van der Waals surface area contributed by atoms with E-state index in [-0.39, 0.29) is 6.61 Å². The fourth-order valence-corrected chi connectivity index (χ4v) is 5.07. The van der Waals surface area contributed by atoms with Crippen LogP contribution in [0.3, 0.4) is 0 Å². The van der Waals surface area contributed by atoms with Crippen molar-refractivity contribution in [1.82, 2.24) is 0 Å². The second-order valence-electron chi connectivity index (χ2n) is 11.6. The Morgan fingerprint density at radius 1 is 0.450 bits per heavy atom. The van der Waals surface area contributed by atoms with Crippen molar-refractivity contribution < 1.29 is 28.8 Å². The summed E-state index contributed by atoms with van der Waals surface area (Å²) < 4.78 is 18.7. The maximum atomic E-state index is 11.7. The Labute approximate surface area is 247 Å². The van der Waals surface area contributed by atoms with Gasteiger partial charge in [0.05, 0.1) is 6.61 Å². The molecule has 0 aromatic rings. The SMILES string of the molecule is CCCCCCCCCCCCCCCCOC(=O)OC(OCCCCCCCCCCCCCCCC)=[O+][O-]. The van der Waals surface area contributed by atoms with Crippen LogP contribution >= 0.6 is 0 Å². The molecule has 0 aliphatic carbocycles. The van der Waals surface area contributed by atoms with Gasteiger partial charge in [0.1, 0.15) is 0 Å². The summed E-state index contributed by atoms with van der Waals surface area (Å²) in [7, 11) is 0. The van der Waals surface area contributed by atoms with Crippen LogP contribution in [0, 0.1) is 0 Å². The van der Waals surface area contributed by atoms with Gasteiger partial charge in [0, 0.05) is 0 Å². The van der Waals surface area contributed by atoms with Crippen molar-refractivity contribution in [3.63, 3.8) is 0 Å². The summed E-state index contributed by atoms with van der Waals surface area (Å²) in [4.78, 5) is 11.7. The van der Waals surface area contributed by atoms with Gasteiger partial charge in [-0.3, -0.25) is 4.58 Å². The van der Waals surface area contributed by atoms with E-state index in [1.807, 2.05) is 0 Å². The average Bonchev–Trinajstić information content (AvgIpc) is 2.96. The van der Waals surface area contributed by atoms with E-state index >= 15 is 0 Å². The lowest BCUT2D eigenvalue weighted by molar-refractivity contribution is -0.869. The molecule has 0 saturated carbocycles. The zero-order valence-electron chi connectivity index (χ0n) is 26.7. The van der Waals surface area contributed by atoms with Crippen LogP contribution in [-0.2, 0) is 14.2 Å². The Morgan fingerprint density at radius 3 is 1.02 bits per heavy atom. The zero-order valence-corrected chi connectivity index (χ0v) is 26.7. The summed E-state index contributed by atoms with van der Waals surface area (Å²) in [6, 6.07) is 0. The Morgan fingerprint density at radius 2 is 0.725 bits per heavy atom. The van der Waals surface area contributed by atoms with Crippen LogP contribution in [0.2, 0.25) is 0 Å². The molecule has 238 valence electrons. The number of ether oxygens (including phenoxy) is 3. The van der Waals surface area contributed by atoms with Gasteiger partial charge < -0.3 is 14.7 Å². The highest BCUT2D eigenvalue weighted by Gasteiger charge is 2.24. The largest absolute Gasteiger partial charge is 0.735 e. The molecule has 0 atom stereocenters. The van der Waals surface area contributed by atoms with Crippen LogP contribution in [0.25, 0.3) is 0 Å². The molecule has 6 heteroatoms. The molecule has 0 bridgehead atoms. The minimum absolute atomic E-state index is 0.280. The Kier molecular flexibility index (Phi) is 32.5. The topological polar surface area (TPSA) is 79.1 Å². The highest BCUT2D eigenvalue weighted by Crippen LogP contribution is 2.14. The summed E-state index contributed by atoms with van der Waals surface area (Å²) in [6.45, 7) is 5.10. The molecule has 0 aliphatic rings. The number of hydrogen-bond acceptors (Lipinski definition) is 5. The fraction of sp³-hybridized carbons (Fsp3) is 0.941. The molecule has 0 rings (SSSR count). The molecule has 0 heterocycles. The van der Waals surface area contributed by atoms with Crippen molar-refractivity contribution >= 4 is 12.3 Å². The summed E-state index contributed by atoms with van der Waals surface area (Å²) in [6.07, 6.45) is 34.0. The van der Waals surface area contributed by atoms with E-state index in [0.29, 0.717) is 6.61 Å². The molecule has 0 fully saturated rings. The average molecular weight is 571 g/mol. The van der Waals surface area contributed by atoms with Crippen LogP contribution in [0.15, 0.2) is 0 Å². The quantitative estimate of drug-likeness (QED) is 0.0214. The van der Waals surface area contributed by atoms with Gasteiger partial charge in [0.15, 0.2) is 6.61 Å². The van der Waals surface area contributed by atoms with Gasteiger partial charge in [-0.1, -0.05) is 174 Å². The molecule has 0 unspecified atom stereocenters. The van der Waals surface area contributed by atoms with Crippen LogP contribution < -0.4 is 5.26 Å². The van der Waals surface area contributed by atoms with Crippen molar-refractivity contribution in [2.75, 3.05) is 13.2 Å². The van der Waals surface area contributed by atoms with E-state index < -0.39 is 12.3 Å². The Balaban J connectivity index is 3.40. The van der Waals surface area contributed by atoms with E-state index in [2.05, 4.69) is 18.4 Å². The molecule has 6 nitrogen and oxygen atoms in total. The summed E-state index contributed by atoms with van der Waals surface area (Å²) >= 11 is 0. The first-order valence-corrected chi connectivity index (χ1v) is 17.4. The smallest absolute Gasteiger partial charge is 0.628 e. The lowest BCUT2D eigenvalue weighted by Gasteiger charge is -2.04. The third-order valence-electron chi connectivity index (χ3n) is 7.67. The fourth-order valence-electron chi connectivity index (χ4n) is 5.07. The molecule has 0 saturated heterocycles. The van der Waals surface area contributed by atoms with Gasteiger partial charge in [0.25, 0.3) is 0 Å². The lowest BCUT2D eigenvalue weighted by Crippen LogP contribution is -2.18. The van der Waals surface area contributed by atoms with Gasteiger partial charge in [-0.05, 0) is 19.3 Å². The van der Waals surface area contributed by atoms with E-state index in [4.69, 9.17) is 14.2 Å². The lowest BCUT2D eigenvalue weighted by atomic mass is 10.0. The van der Waals surface area contributed by atoms with Gasteiger partial charge in [-0.15, -0.1) is 0 Å². The Hall–Kier alpha value is -1.46. The molecule has 0 radical (unpaired) electrons. The van der Waals surface area contributed by atoms with E-state index in [0.717, 1.165) is 38.5 Å². The maximum absolute atomic E-state index is 11.7. The molecule has 0 amide bonds. The molecule has 0 aliphatic heterocycles. The van der Waals surface area contributed by atoms with Crippen molar-refractivity contribution in [3.05, 3.63) is 0 Å². The van der Waals surface area contributed by atoms with Crippen LogP contribution in [0.5, 0.6) is 0 Å². The number of carbonyl (C=O) groups is 1. The van der Waals surface area contributed by atoms with Crippen LogP contribution in [-0.4, -0.2) is 25.5 Å². The number of carbonyl (C=O) groups excluding carboxylic acids is 2. The van der Waals surface area contributed by atoms with Crippen LogP contribution in [0.1, 0.15) is 194 Å². The minimum Gasteiger partial charge on any atom is -0.628 e. The van der Waals surface area contributed by atoms with Gasteiger partial charge in [-0.2, -0.15) is 4.79 Å². The number of unbranched alkanes of at least 4 members (excludes halogenated alkanes) is 26. The predicted molar refractivity (Wildman–Crippen MR) is 164 cm³/mol. The molecule has 0 aromatic heterocycles. The monoisotopic (exact) mass is 570 g/mol. The summed E-state index contributed by atoms with van der Waals surface area (Å²) in [5.74, 6) is 0. The standard InChI is InChI=1S/C34H66O6/c1-3-5-7-9-11-13-15-17-19-21-23-25-27-29-31-37-33(35)39-34(40-36)38-32-30-28-26-24-22-20-18-16-14-12-10-8-6-4-2/h3-32H2,1-2H3. The summed E-state index contributed by atoms with van der Waals surface area (Å²) in [5.41, 5.74) is 0. The first-order chi connectivity index (χ1) is 19.7. The van der Waals surface area contributed by atoms with Gasteiger partial charge >= 0.3 is 12.3 Å². The number of hydrogen-bond donors (Lipinski definition) is 0. The molecular formula is C34H66O6. The first kappa shape index (κ1) is 38.5. The zero-order chi connectivity index (χ0) is 29.2. The van der Waals surface area contributed by atoms with Gasteiger partial charge in [0.2, 0.25) is 0 Å². The molecule has 0 aromatic carbocycles. The predicted octanol–water partition coefficient (Wildman–Crippen LogP) is 11.0. The first-order valence-electron chi connectivity index (χ1n) is 17.4. The highest BCUT2D eigenvalue weighted by atomic mass is 17.1. The molecule has 0 N–H and O–H groups in total. The van der Waals surface area contributed by atoms with E-state index in [1.54, 1.807) is 0 Å². The molecule has 0 spiro atoms. The van der Waals surface area contributed by atoms with Crippen molar-refractivity contribution in [2.24, 2.45) is 0 Å². The van der Waals surface area contributed by atoms with Gasteiger partial charge in [-0.25, -0.2) is 4.74 Å². The van der Waals surface area contributed by atoms with Crippen LogP contribution in [0.4, 0.5) is 9.37 Å². The number of rotatable bonds is 30.